The maximum atomic E-state index is 12.9. The molecule has 1 spiro atoms. The molecular weight excluding hydrogens is 320 g/mol. The van der Waals surface area contributed by atoms with E-state index in [1.807, 2.05) is 0 Å². The third-order valence-electron chi connectivity index (χ3n) is 7.13. The number of hydrogen-bond acceptors (Lipinski definition) is 3. The molecule has 3 aliphatic rings. The quantitative estimate of drug-likeness (QED) is 0.762. The van der Waals surface area contributed by atoms with Crippen LogP contribution in [0, 0.1) is 0 Å². The summed E-state index contributed by atoms with van der Waals surface area (Å²) in [5, 5.41) is 0. The SMILES string of the molecule is O=C1CCN(c2ccccc2)C12CCN(C1CCCCCCCC1)CC2. The van der Waals surface area contributed by atoms with Crippen LogP contribution in [0.3, 0.4) is 0 Å². The van der Waals surface area contributed by atoms with E-state index in [2.05, 4.69) is 40.1 Å². The van der Waals surface area contributed by atoms with Gasteiger partial charge in [0.25, 0.3) is 0 Å². The van der Waals surface area contributed by atoms with Crippen molar-refractivity contribution in [3.8, 4) is 0 Å². The van der Waals surface area contributed by atoms with Crippen LogP contribution in [-0.4, -0.2) is 41.9 Å². The van der Waals surface area contributed by atoms with Gasteiger partial charge in [-0.05, 0) is 37.8 Å². The van der Waals surface area contributed by atoms with Crippen molar-refractivity contribution in [2.24, 2.45) is 0 Å². The van der Waals surface area contributed by atoms with Crippen molar-refractivity contribution < 1.29 is 4.79 Å². The van der Waals surface area contributed by atoms with Gasteiger partial charge >= 0.3 is 0 Å². The molecule has 2 aliphatic heterocycles. The highest BCUT2D eigenvalue weighted by molar-refractivity contribution is 5.95. The number of carbonyl (C=O) groups excluding carboxylic acids is 1. The van der Waals surface area contributed by atoms with Gasteiger partial charge in [0, 0.05) is 37.8 Å². The second kappa shape index (κ2) is 8.12. The molecule has 3 heteroatoms. The largest absolute Gasteiger partial charge is 0.358 e. The number of ketones is 1. The minimum Gasteiger partial charge on any atom is -0.358 e. The number of piperidine rings is 1. The molecule has 1 saturated carbocycles. The van der Waals surface area contributed by atoms with Gasteiger partial charge in [-0.3, -0.25) is 4.79 Å². The molecule has 4 rings (SSSR count). The van der Waals surface area contributed by atoms with Crippen LogP contribution in [0.4, 0.5) is 5.69 Å². The van der Waals surface area contributed by atoms with Crippen LogP contribution in [0.5, 0.6) is 0 Å². The summed E-state index contributed by atoms with van der Waals surface area (Å²) < 4.78 is 0. The minimum atomic E-state index is -0.226. The number of Topliss-reactive ketones (excluding diaryl/α,β-unsaturated/α-hetero) is 1. The van der Waals surface area contributed by atoms with Crippen molar-refractivity contribution in [3.63, 3.8) is 0 Å². The van der Waals surface area contributed by atoms with Crippen LogP contribution in [0.15, 0.2) is 30.3 Å². The number of rotatable bonds is 2. The molecule has 0 aromatic heterocycles. The van der Waals surface area contributed by atoms with Gasteiger partial charge in [-0.1, -0.05) is 56.7 Å². The molecule has 0 atom stereocenters. The molecule has 2 saturated heterocycles. The van der Waals surface area contributed by atoms with Crippen molar-refractivity contribution in [1.82, 2.24) is 4.90 Å². The highest BCUT2D eigenvalue weighted by Gasteiger charge is 2.50. The van der Waals surface area contributed by atoms with Crippen LogP contribution in [-0.2, 0) is 4.79 Å². The second-order valence-corrected chi connectivity index (χ2v) is 8.58. The maximum Gasteiger partial charge on any atom is 0.160 e. The zero-order valence-corrected chi connectivity index (χ0v) is 16.2. The molecule has 0 radical (unpaired) electrons. The first-order valence-electron chi connectivity index (χ1n) is 10.9. The number of anilines is 1. The molecule has 142 valence electrons. The summed E-state index contributed by atoms with van der Waals surface area (Å²) in [6, 6.07) is 11.4. The summed E-state index contributed by atoms with van der Waals surface area (Å²) in [7, 11) is 0. The molecule has 0 amide bonds. The van der Waals surface area contributed by atoms with Crippen molar-refractivity contribution in [3.05, 3.63) is 30.3 Å². The molecule has 3 nitrogen and oxygen atoms in total. The number of benzene rings is 1. The van der Waals surface area contributed by atoms with E-state index in [0.29, 0.717) is 5.78 Å². The third-order valence-corrected chi connectivity index (χ3v) is 7.13. The Morgan fingerprint density at radius 1 is 0.808 bits per heavy atom. The van der Waals surface area contributed by atoms with Crippen LogP contribution in [0.2, 0.25) is 0 Å². The van der Waals surface area contributed by atoms with Crippen LogP contribution >= 0.6 is 0 Å². The molecular formula is C23H34N2O. The topological polar surface area (TPSA) is 23.6 Å². The highest BCUT2D eigenvalue weighted by Crippen LogP contribution is 2.40. The first kappa shape index (κ1) is 18.0. The Morgan fingerprint density at radius 2 is 1.42 bits per heavy atom. The lowest BCUT2D eigenvalue weighted by molar-refractivity contribution is -0.123. The van der Waals surface area contributed by atoms with E-state index in [1.54, 1.807) is 0 Å². The summed E-state index contributed by atoms with van der Waals surface area (Å²) in [6.45, 7) is 3.09. The lowest BCUT2D eigenvalue weighted by atomic mass is 9.82. The number of likely N-dealkylation sites (tertiary alicyclic amines) is 1. The van der Waals surface area contributed by atoms with Gasteiger partial charge in [0.1, 0.15) is 5.54 Å². The average molecular weight is 355 g/mol. The van der Waals surface area contributed by atoms with Crippen LogP contribution in [0.1, 0.15) is 70.6 Å². The zero-order valence-electron chi connectivity index (χ0n) is 16.2. The van der Waals surface area contributed by atoms with Crippen molar-refractivity contribution in [1.29, 1.82) is 0 Å². The summed E-state index contributed by atoms with van der Waals surface area (Å²) in [5.41, 5.74) is 1.00. The fourth-order valence-corrected chi connectivity index (χ4v) is 5.58. The summed E-state index contributed by atoms with van der Waals surface area (Å²) in [6.07, 6.45) is 13.9. The predicted molar refractivity (Wildman–Crippen MR) is 108 cm³/mol. The smallest absolute Gasteiger partial charge is 0.160 e. The Morgan fingerprint density at radius 3 is 2.08 bits per heavy atom. The van der Waals surface area contributed by atoms with Crippen LogP contribution < -0.4 is 4.90 Å². The lowest BCUT2D eigenvalue weighted by Crippen LogP contribution is -2.57. The molecule has 0 N–H and O–H groups in total. The minimum absolute atomic E-state index is 0.226. The second-order valence-electron chi connectivity index (χ2n) is 8.58. The normalized spacial score (nSPS) is 25.8. The van der Waals surface area contributed by atoms with Crippen LogP contribution in [0.25, 0.3) is 0 Å². The summed E-state index contributed by atoms with van der Waals surface area (Å²) >= 11 is 0. The summed E-state index contributed by atoms with van der Waals surface area (Å²) in [4.78, 5) is 18.1. The van der Waals surface area contributed by atoms with Crippen molar-refractivity contribution >= 4 is 11.5 Å². The molecule has 2 heterocycles. The highest BCUT2D eigenvalue weighted by atomic mass is 16.1. The molecule has 1 aromatic rings. The van der Waals surface area contributed by atoms with Gasteiger partial charge in [-0.25, -0.2) is 0 Å². The van der Waals surface area contributed by atoms with E-state index in [4.69, 9.17) is 0 Å². The maximum absolute atomic E-state index is 12.9. The van der Waals surface area contributed by atoms with Gasteiger partial charge in [0.05, 0.1) is 0 Å². The van der Waals surface area contributed by atoms with E-state index < -0.39 is 0 Å². The molecule has 26 heavy (non-hydrogen) atoms. The molecule has 0 bridgehead atoms. The van der Waals surface area contributed by atoms with Crippen molar-refractivity contribution in [2.45, 2.75) is 82.2 Å². The van der Waals surface area contributed by atoms with E-state index >= 15 is 0 Å². The Hall–Kier alpha value is -1.35. The molecule has 0 unspecified atom stereocenters. The number of nitrogens with zero attached hydrogens (tertiary/aromatic N) is 2. The Bertz CT molecular complexity index is 581. The van der Waals surface area contributed by atoms with E-state index in [9.17, 15) is 4.79 Å². The van der Waals surface area contributed by atoms with Gasteiger partial charge < -0.3 is 9.80 Å². The summed E-state index contributed by atoms with van der Waals surface area (Å²) in [5.74, 6) is 0.482. The molecule has 1 aromatic carbocycles. The fourth-order valence-electron chi connectivity index (χ4n) is 5.58. The van der Waals surface area contributed by atoms with Gasteiger partial charge in [-0.15, -0.1) is 0 Å². The fraction of sp³-hybridized carbons (Fsp3) is 0.696. The van der Waals surface area contributed by atoms with E-state index in [0.717, 1.165) is 44.9 Å². The van der Waals surface area contributed by atoms with E-state index in [1.165, 1.54) is 57.1 Å². The number of para-hydroxylation sites is 1. The molecule has 1 aliphatic carbocycles. The number of hydrogen-bond donors (Lipinski definition) is 0. The lowest BCUT2D eigenvalue weighted by Gasteiger charge is -2.46. The Balaban J connectivity index is 1.44. The third kappa shape index (κ3) is 3.55. The van der Waals surface area contributed by atoms with Gasteiger partial charge in [0.15, 0.2) is 5.78 Å². The monoisotopic (exact) mass is 354 g/mol. The first-order chi connectivity index (χ1) is 12.8. The van der Waals surface area contributed by atoms with Gasteiger partial charge in [0.2, 0.25) is 0 Å². The van der Waals surface area contributed by atoms with Crippen molar-refractivity contribution in [2.75, 3.05) is 24.5 Å². The van der Waals surface area contributed by atoms with Gasteiger partial charge in [-0.2, -0.15) is 0 Å². The molecule has 3 fully saturated rings. The Kier molecular flexibility index (Phi) is 5.63. The standard InChI is InChI=1S/C23H34N2O/c26-22-14-17-25(21-12-8-5-9-13-21)23(22)15-18-24(19-16-23)20-10-6-3-1-2-4-7-11-20/h5,8-9,12-13,20H,1-4,6-7,10-11,14-19H2. The zero-order chi connectivity index (χ0) is 17.8. The van der Waals surface area contributed by atoms with E-state index in [-0.39, 0.29) is 5.54 Å². The average Bonchev–Trinajstić information content (AvgIpc) is 3.06. The first-order valence-corrected chi connectivity index (χ1v) is 10.9. The predicted octanol–water partition coefficient (Wildman–Crippen LogP) is 4.80. The number of carbonyl (C=O) groups is 1. The Labute approximate surface area is 158 Å².